The van der Waals surface area contributed by atoms with E-state index in [0.29, 0.717) is 23.0 Å². The highest BCUT2D eigenvalue weighted by Gasteiger charge is 2.31. The highest BCUT2D eigenvalue weighted by molar-refractivity contribution is 5.60. The zero-order chi connectivity index (χ0) is 23.8. The average Bonchev–Trinajstić information content (AvgIpc) is 2.87. The molecule has 186 valence electrons. The molecule has 0 spiro atoms. The third-order valence-corrected chi connectivity index (χ3v) is 8.66. The molecule has 0 bridgehead atoms. The number of nitrogens with two attached hydrogens (primary N) is 2. The summed E-state index contributed by atoms with van der Waals surface area (Å²) in [5.74, 6) is 5.13. The fraction of sp³-hybridized carbons (Fsp3) is 0.613. The zero-order valence-electron chi connectivity index (χ0n) is 21.3. The average molecular weight is 463 g/mol. The van der Waals surface area contributed by atoms with Crippen molar-refractivity contribution < 1.29 is 4.74 Å². The summed E-state index contributed by atoms with van der Waals surface area (Å²) in [4.78, 5) is 0. The summed E-state index contributed by atoms with van der Waals surface area (Å²) in [6.07, 6.45) is 20.1. The first-order valence-corrected chi connectivity index (χ1v) is 14.0. The number of hydrogen-bond acceptors (Lipinski definition) is 3. The molecule has 0 aliphatic heterocycles. The van der Waals surface area contributed by atoms with Gasteiger partial charge < -0.3 is 16.2 Å². The van der Waals surface area contributed by atoms with E-state index in [1.807, 2.05) is 0 Å². The van der Waals surface area contributed by atoms with Crippen LogP contribution < -0.4 is 16.2 Å². The molecule has 2 aromatic rings. The van der Waals surface area contributed by atoms with E-state index >= 15 is 0 Å². The van der Waals surface area contributed by atoms with Gasteiger partial charge in [-0.3, -0.25) is 0 Å². The van der Waals surface area contributed by atoms with Crippen molar-refractivity contribution in [3.05, 3.63) is 48.0 Å². The van der Waals surface area contributed by atoms with Crippen molar-refractivity contribution in [2.24, 2.45) is 17.8 Å². The molecule has 2 aliphatic carbocycles. The molecule has 0 atom stereocenters. The van der Waals surface area contributed by atoms with Crippen LogP contribution in [0.25, 0.3) is 0 Å². The fourth-order valence-electron chi connectivity index (χ4n) is 6.48. The van der Waals surface area contributed by atoms with Crippen molar-refractivity contribution in [1.82, 2.24) is 0 Å². The van der Waals surface area contributed by atoms with Gasteiger partial charge in [0.05, 0.1) is 5.69 Å². The largest absolute Gasteiger partial charge is 0.455 e. The number of benzene rings is 2. The molecule has 2 saturated carbocycles. The molecular formula is C31H46N2O. The highest BCUT2D eigenvalue weighted by Crippen LogP contribution is 2.45. The smallest absolute Gasteiger partial charge is 0.152 e. The number of hydrogen-bond donors (Lipinski definition) is 2. The van der Waals surface area contributed by atoms with Crippen LogP contribution in [0.15, 0.2) is 42.5 Å². The van der Waals surface area contributed by atoms with Crippen LogP contribution in [0.2, 0.25) is 0 Å². The lowest BCUT2D eigenvalue weighted by Gasteiger charge is -2.38. The quantitative estimate of drug-likeness (QED) is 0.273. The van der Waals surface area contributed by atoms with Gasteiger partial charge >= 0.3 is 0 Å². The minimum Gasteiger partial charge on any atom is -0.455 e. The molecule has 0 unspecified atom stereocenters. The Morgan fingerprint density at radius 3 is 2.06 bits per heavy atom. The third-order valence-electron chi connectivity index (χ3n) is 8.66. The molecule has 2 aliphatic rings. The molecule has 3 nitrogen and oxygen atoms in total. The van der Waals surface area contributed by atoms with Crippen molar-refractivity contribution in [1.29, 1.82) is 0 Å². The molecule has 2 fully saturated rings. The zero-order valence-corrected chi connectivity index (χ0v) is 21.3. The van der Waals surface area contributed by atoms with Crippen molar-refractivity contribution in [2.45, 2.75) is 103 Å². The predicted molar refractivity (Wildman–Crippen MR) is 145 cm³/mol. The Balaban J connectivity index is 1.19. The summed E-state index contributed by atoms with van der Waals surface area (Å²) in [6.45, 7) is 2.31. The van der Waals surface area contributed by atoms with E-state index in [9.17, 15) is 0 Å². The second-order valence-corrected chi connectivity index (χ2v) is 11.1. The van der Waals surface area contributed by atoms with Gasteiger partial charge in [0.15, 0.2) is 5.75 Å². The maximum atomic E-state index is 6.02. The summed E-state index contributed by atoms with van der Waals surface area (Å²) in [5, 5.41) is 0. The van der Waals surface area contributed by atoms with Crippen molar-refractivity contribution >= 4 is 11.4 Å². The molecular weight excluding hydrogens is 416 g/mol. The monoisotopic (exact) mass is 462 g/mol. The molecule has 0 aromatic heterocycles. The summed E-state index contributed by atoms with van der Waals surface area (Å²) in [6, 6.07) is 14.0. The highest BCUT2D eigenvalue weighted by atomic mass is 16.5. The number of nitrogen functional groups attached to an aromatic ring is 2. The third kappa shape index (κ3) is 6.93. The van der Waals surface area contributed by atoms with E-state index in [1.165, 1.54) is 95.5 Å². The van der Waals surface area contributed by atoms with Crippen molar-refractivity contribution in [3.63, 3.8) is 0 Å². The van der Waals surface area contributed by atoms with E-state index in [2.05, 4.69) is 31.2 Å². The lowest BCUT2D eigenvalue weighted by molar-refractivity contribution is 0.155. The summed E-state index contributed by atoms with van der Waals surface area (Å²) < 4.78 is 5.97. The van der Waals surface area contributed by atoms with E-state index < -0.39 is 0 Å². The van der Waals surface area contributed by atoms with Crippen LogP contribution in [0.3, 0.4) is 0 Å². The maximum Gasteiger partial charge on any atom is 0.152 e. The molecule has 3 heteroatoms. The lowest BCUT2D eigenvalue weighted by Crippen LogP contribution is -2.25. The summed E-state index contributed by atoms with van der Waals surface area (Å²) in [5.41, 5.74) is 14.6. The SMILES string of the molecule is CCCCCCCC1CCC(C2CCC(c3ccc(Oc4cc(N)ccc4N)cc3)CC2)CC1. The fourth-order valence-corrected chi connectivity index (χ4v) is 6.48. The van der Waals surface area contributed by atoms with Crippen LogP contribution in [0.1, 0.15) is 108 Å². The summed E-state index contributed by atoms with van der Waals surface area (Å²) in [7, 11) is 0. The maximum absolute atomic E-state index is 6.02. The first kappa shape index (κ1) is 24.9. The van der Waals surface area contributed by atoms with Gasteiger partial charge in [0.25, 0.3) is 0 Å². The Labute approximate surface area is 207 Å². The number of ether oxygens (including phenoxy) is 1. The molecule has 34 heavy (non-hydrogen) atoms. The van der Waals surface area contributed by atoms with Gasteiger partial charge in [-0.15, -0.1) is 0 Å². The standard InChI is InChI=1S/C31H46N2O/c1-2-3-4-5-6-7-23-8-10-24(11-9-23)25-12-14-26(15-13-25)27-16-19-29(20-17-27)34-31-22-28(32)18-21-30(31)33/h16-26H,2-15,32-33H2,1H3. The van der Waals surface area contributed by atoms with Gasteiger partial charge in [-0.1, -0.05) is 70.4 Å². The van der Waals surface area contributed by atoms with E-state index in [1.54, 1.807) is 18.2 Å². The van der Waals surface area contributed by atoms with Crippen molar-refractivity contribution in [3.8, 4) is 11.5 Å². The van der Waals surface area contributed by atoms with Gasteiger partial charge in [0.2, 0.25) is 0 Å². The number of unbranched alkanes of at least 4 members (excludes halogenated alkanes) is 4. The van der Waals surface area contributed by atoms with E-state index in [0.717, 1.165) is 23.5 Å². The van der Waals surface area contributed by atoms with Crippen LogP contribution in [0, 0.1) is 17.8 Å². The Kier molecular flexibility index (Phi) is 9.18. The van der Waals surface area contributed by atoms with Gasteiger partial charge in [0, 0.05) is 11.8 Å². The van der Waals surface area contributed by atoms with Crippen LogP contribution in [0.5, 0.6) is 11.5 Å². The lowest BCUT2D eigenvalue weighted by atomic mass is 9.68. The van der Waals surface area contributed by atoms with E-state index in [4.69, 9.17) is 16.2 Å². The van der Waals surface area contributed by atoms with Crippen molar-refractivity contribution in [2.75, 3.05) is 11.5 Å². The summed E-state index contributed by atoms with van der Waals surface area (Å²) >= 11 is 0. The first-order valence-electron chi connectivity index (χ1n) is 14.0. The second kappa shape index (κ2) is 12.5. The molecule has 4 N–H and O–H groups in total. The van der Waals surface area contributed by atoms with E-state index in [-0.39, 0.29) is 0 Å². The number of anilines is 2. The second-order valence-electron chi connectivity index (χ2n) is 11.1. The normalized spacial score (nSPS) is 25.2. The number of rotatable bonds is 10. The van der Waals surface area contributed by atoms with Crippen LogP contribution in [0.4, 0.5) is 11.4 Å². The van der Waals surface area contributed by atoms with Crippen LogP contribution in [-0.4, -0.2) is 0 Å². The molecule has 4 rings (SSSR count). The molecule has 0 amide bonds. The van der Waals surface area contributed by atoms with Gasteiger partial charge in [0.1, 0.15) is 5.75 Å². The van der Waals surface area contributed by atoms with Gasteiger partial charge in [-0.05, 0) is 92.0 Å². The Morgan fingerprint density at radius 1 is 0.735 bits per heavy atom. The predicted octanol–water partition coefficient (Wildman–Crippen LogP) is 9.08. The van der Waals surface area contributed by atoms with Gasteiger partial charge in [-0.2, -0.15) is 0 Å². The topological polar surface area (TPSA) is 61.3 Å². The molecule has 0 saturated heterocycles. The minimum absolute atomic E-state index is 0.609. The minimum atomic E-state index is 0.609. The van der Waals surface area contributed by atoms with Gasteiger partial charge in [-0.25, -0.2) is 0 Å². The molecule has 0 radical (unpaired) electrons. The Morgan fingerprint density at radius 2 is 1.38 bits per heavy atom. The Hall–Kier alpha value is -2.16. The van der Waals surface area contributed by atoms with Crippen LogP contribution in [-0.2, 0) is 0 Å². The first-order chi connectivity index (χ1) is 16.6. The molecule has 0 heterocycles. The Bertz CT molecular complexity index is 862. The van der Waals surface area contributed by atoms with Crippen LogP contribution >= 0.6 is 0 Å². The molecule has 2 aromatic carbocycles.